The fraction of sp³-hybridized carbons (Fsp3) is 0.833. The third kappa shape index (κ3) is 5.24. The number of esters is 1. The molecule has 7 heteroatoms. The van der Waals surface area contributed by atoms with Crippen molar-refractivity contribution in [3.05, 3.63) is 0 Å². The molecule has 0 aromatic rings. The number of nitrogens with two attached hydrogens (primary N) is 1. The molecule has 1 aliphatic rings. The fourth-order valence-electron chi connectivity index (χ4n) is 1.89. The minimum absolute atomic E-state index is 0. The number of hydrogen-bond donors (Lipinski definition) is 1. The van der Waals surface area contributed by atoms with E-state index < -0.39 is 23.7 Å². The summed E-state index contributed by atoms with van der Waals surface area (Å²) >= 11 is 0. The van der Waals surface area contributed by atoms with E-state index in [0.717, 1.165) is 0 Å². The van der Waals surface area contributed by atoms with Crippen molar-refractivity contribution in [2.24, 2.45) is 5.73 Å². The zero-order valence-electron chi connectivity index (χ0n) is 11.8. The summed E-state index contributed by atoms with van der Waals surface area (Å²) in [5, 5.41) is 0. The molecule has 1 amide bonds. The standard InChI is InChI=1S/C12H22N2O4.ClH/c1-12(2,3)18-11(16)14-6-5-8(13)7-9(14)10(15)17-4;/h8-9H,5-7,13H2,1-4H3;1H/t8-,9+;/m1./s1. The van der Waals surface area contributed by atoms with Gasteiger partial charge in [0, 0.05) is 12.6 Å². The van der Waals surface area contributed by atoms with Crippen LogP contribution in [0, 0.1) is 0 Å². The molecule has 0 aliphatic carbocycles. The number of piperidine rings is 1. The van der Waals surface area contributed by atoms with E-state index in [1.54, 1.807) is 20.8 Å². The molecule has 19 heavy (non-hydrogen) atoms. The molecule has 1 saturated heterocycles. The maximum Gasteiger partial charge on any atom is 0.411 e. The Labute approximate surface area is 120 Å². The van der Waals surface area contributed by atoms with E-state index in [2.05, 4.69) is 0 Å². The first-order valence-electron chi connectivity index (χ1n) is 6.07. The maximum atomic E-state index is 12.0. The molecule has 0 aromatic heterocycles. The summed E-state index contributed by atoms with van der Waals surface area (Å²) in [6, 6.07) is -0.735. The minimum Gasteiger partial charge on any atom is -0.467 e. The molecule has 0 aromatic carbocycles. The van der Waals surface area contributed by atoms with Crippen LogP contribution in [0.3, 0.4) is 0 Å². The molecule has 2 N–H and O–H groups in total. The molecule has 2 atom stereocenters. The molecule has 0 bridgehead atoms. The summed E-state index contributed by atoms with van der Waals surface area (Å²) in [5.41, 5.74) is 5.23. The first-order chi connectivity index (χ1) is 8.24. The zero-order chi connectivity index (χ0) is 13.9. The largest absolute Gasteiger partial charge is 0.467 e. The lowest BCUT2D eigenvalue weighted by molar-refractivity contribution is -0.148. The quantitative estimate of drug-likeness (QED) is 0.737. The highest BCUT2D eigenvalue weighted by atomic mass is 35.5. The molecular formula is C12H23ClN2O4. The normalized spacial score (nSPS) is 23.3. The van der Waals surface area contributed by atoms with Crippen LogP contribution in [0.25, 0.3) is 0 Å². The molecule has 1 aliphatic heterocycles. The average Bonchev–Trinajstić information content (AvgIpc) is 2.25. The van der Waals surface area contributed by atoms with Gasteiger partial charge in [-0.15, -0.1) is 12.4 Å². The first kappa shape index (κ1) is 18.0. The van der Waals surface area contributed by atoms with Crippen LogP contribution >= 0.6 is 12.4 Å². The van der Waals surface area contributed by atoms with Crippen LogP contribution in [-0.4, -0.2) is 48.3 Å². The van der Waals surface area contributed by atoms with Crippen molar-refractivity contribution in [3.63, 3.8) is 0 Å². The Kier molecular flexibility index (Phi) is 6.59. The lowest BCUT2D eigenvalue weighted by Crippen LogP contribution is -2.54. The van der Waals surface area contributed by atoms with Crippen LogP contribution in [-0.2, 0) is 14.3 Å². The van der Waals surface area contributed by atoms with Gasteiger partial charge in [0.1, 0.15) is 11.6 Å². The highest BCUT2D eigenvalue weighted by molar-refractivity contribution is 5.85. The summed E-state index contributed by atoms with van der Waals surface area (Å²) in [6.45, 7) is 5.77. The predicted molar refractivity (Wildman–Crippen MR) is 73.2 cm³/mol. The van der Waals surface area contributed by atoms with Crippen LogP contribution < -0.4 is 5.73 Å². The smallest absolute Gasteiger partial charge is 0.411 e. The second-order valence-electron chi connectivity index (χ2n) is 5.50. The number of nitrogens with zero attached hydrogens (tertiary/aromatic N) is 1. The van der Waals surface area contributed by atoms with Crippen LogP contribution in [0.5, 0.6) is 0 Å². The molecule has 0 unspecified atom stereocenters. The monoisotopic (exact) mass is 294 g/mol. The van der Waals surface area contributed by atoms with Crippen molar-refractivity contribution >= 4 is 24.5 Å². The van der Waals surface area contributed by atoms with Gasteiger partial charge in [-0.3, -0.25) is 4.90 Å². The van der Waals surface area contributed by atoms with Gasteiger partial charge in [0.25, 0.3) is 0 Å². The van der Waals surface area contributed by atoms with Crippen LogP contribution in [0.2, 0.25) is 0 Å². The molecule has 0 saturated carbocycles. The van der Waals surface area contributed by atoms with E-state index in [4.69, 9.17) is 15.2 Å². The molecule has 0 spiro atoms. The molecule has 112 valence electrons. The second kappa shape index (κ2) is 6.96. The topological polar surface area (TPSA) is 81.9 Å². The van der Waals surface area contributed by atoms with Gasteiger partial charge in [-0.05, 0) is 33.6 Å². The van der Waals surface area contributed by atoms with Crippen molar-refractivity contribution in [1.29, 1.82) is 0 Å². The fourth-order valence-corrected chi connectivity index (χ4v) is 1.89. The van der Waals surface area contributed by atoms with E-state index in [-0.39, 0.29) is 18.4 Å². The molecule has 6 nitrogen and oxygen atoms in total. The first-order valence-corrected chi connectivity index (χ1v) is 6.07. The number of likely N-dealkylation sites (tertiary alicyclic amines) is 1. The summed E-state index contributed by atoms with van der Waals surface area (Å²) in [7, 11) is 1.30. The van der Waals surface area contributed by atoms with Gasteiger partial charge >= 0.3 is 12.1 Å². The van der Waals surface area contributed by atoms with Crippen LogP contribution in [0.15, 0.2) is 0 Å². The molecule has 1 fully saturated rings. The van der Waals surface area contributed by atoms with E-state index in [0.29, 0.717) is 19.4 Å². The van der Waals surface area contributed by atoms with Gasteiger partial charge < -0.3 is 15.2 Å². The van der Waals surface area contributed by atoms with Crippen molar-refractivity contribution in [2.75, 3.05) is 13.7 Å². The van der Waals surface area contributed by atoms with Crippen LogP contribution in [0.1, 0.15) is 33.6 Å². The van der Waals surface area contributed by atoms with E-state index in [1.165, 1.54) is 12.0 Å². The Morgan fingerprint density at radius 2 is 1.89 bits per heavy atom. The van der Waals surface area contributed by atoms with Crippen molar-refractivity contribution < 1.29 is 19.1 Å². The SMILES string of the molecule is COC(=O)[C@@H]1C[C@H](N)CCN1C(=O)OC(C)(C)C.Cl. The molecule has 1 rings (SSSR count). The minimum atomic E-state index is -0.645. The molecular weight excluding hydrogens is 272 g/mol. The number of carbonyl (C=O) groups excluding carboxylic acids is 2. The Balaban J connectivity index is 0.00000324. The van der Waals surface area contributed by atoms with Crippen LogP contribution in [0.4, 0.5) is 4.79 Å². The van der Waals surface area contributed by atoms with Crippen molar-refractivity contribution in [3.8, 4) is 0 Å². The average molecular weight is 295 g/mol. The second-order valence-corrected chi connectivity index (χ2v) is 5.50. The number of rotatable bonds is 1. The maximum absolute atomic E-state index is 12.0. The number of carbonyl (C=O) groups is 2. The Morgan fingerprint density at radius 1 is 1.32 bits per heavy atom. The number of amides is 1. The van der Waals surface area contributed by atoms with Crippen molar-refractivity contribution in [2.45, 2.75) is 51.3 Å². The number of hydrogen-bond acceptors (Lipinski definition) is 5. The van der Waals surface area contributed by atoms with E-state index >= 15 is 0 Å². The molecule has 1 heterocycles. The van der Waals surface area contributed by atoms with Gasteiger partial charge in [0.2, 0.25) is 0 Å². The van der Waals surface area contributed by atoms with Gasteiger partial charge in [0.15, 0.2) is 0 Å². The Morgan fingerprint density at radius 3 is 2.37 bits per heavy atom. The number of ether oxygens (including phenoxy) is 2. The third-order valence-corrected chi connectivity index (χ3v) is 2.74. The van der Waals surface area contributed by atoms with Gasteiger partial charge in [-0.2, -0.15) is 0 Å². The Hall–Kier alpha value is -1.01. The predicted octanol–water partition coefficient (Wildman–Crippen LogP) is 1.31. The van der Waals surface area contributed by atoms with Gasteiger partial charge in [0.05, 0.1) is 7.11 Å². The van der Waals surface area contributed by atoms with Gasteiger partial charge in [-0.25, -0.2) is 9.59 Å². The number of halogens is 1. The molecule has 0 radical (unpaired) electrons. The summed E-state index contributed by atoms with van der Waals surface area (Å²) in [5.74, 6) is -0.448. The van der Waals surface area contributed by atoms with E-state index in [1.807, 2.05) is 0 Å². The summed E-state index contributed by atoms with van der Waals surface area (Å²) < 4.78 is 9.98. The van der Waals surface area contributed by atoms with Crippen molar-refractivity contribution in [1.82, 2.24) is 4.90 Å². The highest BCUT2D eigenvalue weighted by Gasteiger charge is 2.37. The van der Waals surface area contributed by atoms with Gasteiger partial charge in [-0.1, -0.05) is 0 Å². The highest BCUT2D eigenvalue weighted by Crippen LogP contribution is 2.20. The lowest BCUT2D eigenvalue weighted by Gasteiger charge is -2.37. The summed E-state index contributed by atoms with van der Waals surface area (Å²) in [4.78, 5) is 25.1. The lowest BCUT2D eigenvalue weighted by atomic mass is 9.98. The Bertz CT molecular complexity index is 330. The third-order valence-electron chi connectivity index (χ3n) is 2.74. The van der Waals surface area contributed by atoms with E-state index in [9.17, 15) is 9.59 Å². The number of methoxy groups -OCH3 is 1. The zero-order valence-corrected chi connectivity index (χ0v) is 12.7. The summed E-state index contributed by atoms with van der Waals surface area (Å²) in [6.07, 6.45) is 0.573.